The SMILES string of the molecule is Oc1ccc(NC(c2cccs2)C2CCCC2)cc1F. The number of nitrogens with one attached hydrogen (secondary N) is 1. The summed E-state index contributed by atoms with van der Waals surface area (Å²) in [6.07, 6.45) is 4.99. The molecule has 2 nitrogen and oxygen atoms in total. The Morgan fingerprint density at radius 1 is 1.25 bits per heavy atom. The Hall–Kier alpha value is -1.55. The maximum atomic E-state index is 13.5. The van der Waals surface area contributed by atoms with Gasteiger partial charge in [-0.1, -0.05) is 18.9 Å². The molecular weight excluding hydrogens is 273 g/mol. The van der Waals surface area contributed by atoms with Crippen LogP contribution in [0.3, 0.4) is 0 Å². The van der Waals surface area contributed by atoms with Crippen LogP contribution in [0.2, 0.25) is 0 Å². The number of rotatable bonds is 4. The standard InChI is InChI=1S/C16H18FNOS/c17-13-10-12(7-8-14(13)19)18-16(11-4-1-2-5-11)15-6-3-9-20-15/h3,6-11,16,18-19H,1-2,4-5H2. The van der Waals surface area contributed by atoms with Gasteiger partial charge in [0.1, 0.15) is 0 Å². The van der Waals surface area contributed by atoms with Crippen molar-refractivity contribution in [2.45, 2.75) is 31.7 Å². The third kappa shape index (κ3) is 2.80. The quantitative estimate of drug-likeness (QED) is 0.782. The molecule has 0 radical (unpaired) electrons. The lowest BCUT2D eigenvalue weighted by Crippen LogP contribution is -2.18. The van der Waals surface area contributed by atoms with Crippen molar-refractivity contribution < 1.29 is 9.50 Å². The Bertz CT molecular complexity index is 564. The fourth-order valence-corrected chi connectivity index (χ4v) is 3.83. The van der Waals surface area contributed by atoms with Crippen LogP contribution in [0.25, 0.3) is 0 Å². The summed E-state index contributed by atoms with van der Waals surface area (Å²) < 4.78 is 13.5. The van der Waals surface area contributed by atoms with Gasteiger partial charge in [-0.05, 0) is 42.3 Å². The van der Waals surface area contributed by atoms with E-state index in [1.807, 2.05) is 0 Å². The van der Waals surface area contributed by atoms with Gasteiger partial charge in [-0.15, -0.1) is 11.3 Å². The molecular formula is C16H18FNOS. The Balaban J connectivity index is 1.84. The number of thiophene rings is 1. The molecule has 20 heavy (non-hydrogen) atoms. The first kappa shape index (κ1) is 13.4. The molecule has 106 valence electrons. The minimum absolute atomic E-state index is 0.237. The van der Waals surface area contributed by atoms with E-state index in [4.69, 9.17) is 0 Å². The predicted octanol–water partition coefficient (Wildman–Crippen LogP) is 4.94. The van der Waals surface area contributed by atoms with E-state index >= 15 is 0 Å². The van der Waals surface area contributed by atoms with Crippen molar-refractivity contribution in [1.29, 1.82) is 0 Å². The molecule has 1 unspecified atom stereocenters. The van der Waals surface area contributed by atoms with Crippen molar-refractivity contribution >= 4 is 17.0 Å². The van der Waals surface area contributed by atoms with E-state index in [1.165, 1.54) is 42.7 Å². The average molecular weight is 291 g/mol. The van der Waals surface area contributed by atoms with Crippen molar-refractivity contribution in [3.63, 3.8) is 0 Å². The summed E-state index contributed by atoms with van der Waals surface area (Å²) in [4.78, 5) is 1.30. The topological polar surface area (TPSA) is 32.3 Å². The van der Waals surface area contributed by atoms with Gasteiger partial charge in [-0.2, -0.15) is 0 Å². The van der Waals surface area contributed by atoms with E-state index in [9.17, 15) is 9.50 Å². The predicted molar refractivity (Wildman–Crippen MR) is 80.7 cm³/mol. The maximum absolute atomic E-state index is 13.5. The molecule has 0 aliphatic heterocycles. The Labute approximate surface area is 122 Å². The van der Waals surface area contributed by atoms with E-state index in [0.29, 0.717) is 5.92 Å². The molecule has 0 spiro atoms. The lowest BCUT2D eigenvalue weighted by molar-refractivity contribution is 0.432. The van der Waals surface area contributed by atoms with Crippen LogP contribution in [-0.2, 0) is 0 Å². The summed E-state index contributed by atoms with van der Waals surface area (Å²) in [5.41, 5.74) is 0.727. The maximum Gasteiger partial charge on any atom is 0.166 e. The van der Waals surface area contributed by atoms with Gasteiger partial charge in [-0.3, -0.25) is 0 Å². The molecule has 3 rings (SSSR count). The van der Waals surface area contributed by atoms with Gasteiger partial charge in [-0.25, -0.2) is 4.39 Å². The molecule has 0 amide bonds. The zero-order valence-corrected chi connectivity index (χ0v) is 12.0. The van der Waals surface area contributed by atoms with E-state index in [0.717, 1.165) is 5.69 Å². The molecule has 0 bridgehead atoms. The van der Waals surface area contributed by atoms with Crippen LogP contribution in [-0.4, -0.2) is 5.11 Å². The number of anilines is 1. The smallest absolute Gasteiger partial charge is 0.166 e. The highest BCUT2D eigenvalue weighted by Gasteiger charge is 2.27. The van der Waals surface area contributed by atoms with Crippen LogP contribution in [0.4, 0.5) is 10.1 Å². The number of halogens is 1. The summed E-state index contributed by atoms with van der Waals surface area (Å²) in [7, 11) is 0. The van der Waals surface area contributed by atoms with E-state index < -0.39 is 5.82 Å². The fourth-order valence-electron chi connectivity index (χ4n) is 2.96. The summed E-state index contributed by atoms with van der Waals surface area (Å²) in [5.74, 6) is -0.277. The Morgan fingerprint density at radius 2 is 2.05 bits per heavy atom. The fraction of sp³-hybridized carbons (Fsp3) is 0.375. The van der Waals surface area contributed by atoms with Gasteiger partial charge >= 0.3 is 0 Å². The minimum atomic E-state index is -0.577. The number of hydrogen-bond acceptors (Lipinski definition) is 3. The summed E-state index contributed by atoms with van der Waals surface area (Å²) in [6.45, 7) is 0. The van der Waals surface area contributed by atoms with Crippen LogP contribution in [0.5, 0.6) is 5.75 Å². The molecule has 1 heterocycles. The molecule has 1 aromatic heterocycles. The molecule has 4 heteroatoms. The number of phenols is 1. The second-order valence-electron chi connectivity index (χ2n) is 5.35. The Kier molecular flexibility index (Phi) is 3.92. The third-order valence-corrected chi connectivity index (χ3v) is 4.95. The average Bonchev–Trinajstić information content (AvgIpc) is 3.12. The first-order valence-electron chi connectivity index (χ1n) is 7.02. The Morgan fingerprint density at radius 3 is 2.70 bits per heavy atom. The molecule has 2 aromatic rings. The molecule has 1 aliphatic carbocycles. The van der Waals surface area contributed by atoms with Gasteiger partial charge in [0.25, 0.3) is 0 Å². The van der Waals surface area contributed by atoms with Crippen LogP contribution >= 0.6 is 11.3 Å². The lowest BCUT2D eigenvalue weighted by Gasteiger charge is -2.25. The molecule has 0 saturated heterocycles. The molecule has 1 aliphatic rings. The lowest BCUT2D eigenvalue weighted by atomic mass is 9.96. The third-order valence-electron chi connectivity index (χ3n) is 3.99. The number of benzene rings is 1. The molecule has 1 fully saturated rings. The monoisotopic (exact) mass is 291 g/mol. The number of phenolic OH excluding ortho intramolecular Hbond substituents is 1. The van der Waals surface area contributed by atoms with Gasteiger partial charge in [0.2, 0.25) is 0 Å². The van der Waals surface area contributed by atoms with Gasteiger partial charge in [0, 0.05) is 16.6 Å². The normalized spacial score (nSPS) is 17.2. The minimum Gasteiger partial charge on any atom is -0.505 e. The van der Waals surface area contributed by atoms with Gasteiger partial charge in [0.05, 0.1) is 6.04 Å². The highest BCUT2D eigenvalue weighted by atomic mass is 32.1. The molecule has 1 saturated carbocycles. The number of aromatic hydroxyl groups is 1. The highest BCUT2D eigenvalue weighted by molar-refractivity contribution is 7.10. The highest BCUT2D eigenvalue weighted by Crippen LogP contribution is 2.39. The zero-order chi connectivity index (χ0) is 13.9. The second kappa shape index (κ2) is 5.83. The van der Waals surface area contributed by atoms with Crippen LogP contribution < -0.4 is 5.32 Å². The second-order valence-corrected chi connectivity index (χ2v) is 6.33. The van der Waals surface area contributed by atoms with Crippen molar-refractivity contribution in [2.24, 2.45) is 5.92 Å². The van der Waals surface area contributed by atoms with E-state index in [2.05, 4.69) is 22.8 Å². The van der Waals surface area contributed by atoms with Gasteiger partial charge < -0.3 is 10.4 Å². The molecule has 1 aromatic carbocycles. The van der Waals surface area contributed by atoms with Crippen molar-refractivity contribution in [1.82, 2.24) is 0 Å². The first-order chi connectivity index (χ1) is 9.74. The van der Waals surface area contributed by atoms with Crippen molar-refractivity contribution in [3.8, 4) is 5.75 Å². The van der Waals surface area contributed by atoms with Crippen LogP contribution in [0, 0.1) is 11.7 Å². The number of hydrogen-bond donors (Lipinski definition) is 2. The summed E-state index contributed by atoms with van der Waals surface area (Å²) in [6, 6.07) is 8.93. The zero-order valence-electron chi connectivity index (χ0n) is 11.2. The van der Waals surface area contributed by atoms with E-state index in [-0.39, 0.29) is 11.8 Å². The molecule has 2 N–H and O–H groups in total. The summed E-state index contributed by atoms with van der Waals surface area (Å²) >= 11 is 1.74. The van der Waals surface area contributed by atoms with Crippen LogP contribution in [0.15, 0.2) is 35.7 Å². The van der Waals surface area contributed by atoms with E-state index in [1.54, 1.807) is 17.4 Å². The van der Waals surface area contributed by atoms with Crippen molar-refractivity contribution in [2.75, 3.05) is 5.32 Å². The first-order valence-corrected chi connectivity index (χ1v) is 7.90. The molecule has 1 atom stereocenters. The largest absolute Gasteiger partial charge is 0.505 e. The van der Waals surface area contributed by atoms with Crippen LogP contribution in [0.1, 0.15) is 36.6 Å². The van der Waals surface area contributed by atoms with Gasteiger partial charge in [0.15, 0.2) is 11.6 Å². The summed E-state index contributed by atoms with van der Waals surface area (Å²) in [5, 5.41) is 14.8. The van der Waals surface area contributed by atoms with Crippen molar-refractivity contribution in [3.05, 3.63) is 46.4 Å².